The average Bonchev–Trinajstić information content (AvgIpc) is 2.05. The number of hydrogen-bond donors (Lipinski definition) is 0. The molecule has 0 saturated carbocycles. The Hall–Kier alpha value is -0.640. The second kappa shape index (κ2) is 3.67. The first kappa shape index (κ1) is 8.46. The minimum atomic E-state index is 0.695. The lowest BCUT2D eigenvalue weighted by atomic mass is 10.1. The van der Waals surface area contributed by atoms with Gasteiger partial charge in [0.1, 0.15) is 6.29 Å². The number of benzene rings is 1. The van der Waals surface area contributed by atoms with Crippen LogP contribution in [0.25, 0.3) is 6.08 Å². The van der Waals surface area contributed by atoms with E-state index in [2.05, 4.69) is 29.2 Å². The fourth-order valence-corrected chi connectivity index (χ4v) is 1.35. The molecule has 2 heteroatoms. The van der Waals surface area contributed by atoms with Crippen LogP contribution in [0.4, 0.5) is 0 Å². The molecule has 1 nitrogen and oxygen atoms in total. The van der Waals surface area contributed by atoms with Crippen molar-refractivity contribution in [2.75, 3.05) is 0 Å². The summed E-state index contributed by atoms with van der Waals surface area (Å²) in [5.74, 6) is 0. The van der Waals surface area contributed by atoms with E-state index in [1.54, 1.807) is 12.1 Å². The fraction of sp³-hybridized carbons (Fsp3) is 0. The minimum Gasteiger partial charge on any atom is -0.298 e. The van der Waals surface area contributed by atoms with Crippen LogP contribution in [-0.4, -0.2) is 6.29 Å². The summed E-state index contributed by atoms with van der Waals surface area (Å²) in [5.41, 5.74) is 1.70. The van der Waals surface area contributed by atoms with E-state index in [4.69, 9.17) is 0 Å². The average molecular weight is 258 g/mol. The van der Waals surface area contributed by atoms with Crippen molar-refractivity contribution in [3.8, 4) is 0 Å². The van der Waals surface area contributed by atoms with Gasteiger partial charge in [-0.2, -0.15) is 0 Å². The number of rotatable bonds is 2. The van der Waals surface area contributed by atoms with Crippen LogP contribution in [0.3, 0.4) is 0 Å². The first-order valence-electron chi connectivity index (χ1n) is 3.15. The van der Waals surface area contributed by atoms with E-state index in [9.17, 15) is 4.79 Å². The summed E-state index contributed by atoms with van der Waals surface area (Å²) in [6, 6.07) is 5.52. The van der Waals surface area contributed by atoms with E-state index >= 15 is 0 Å². The van der Waals surface area contributed by atoms with E-state index in [0.29, 0.717) is 5.56 Å². The Balaban J connectivity index is 3.22. The Morgan fingerprint density at radius 2 is 2.18 bits per heavy atom. The topological polar surface area (TPSA) is 17.1 Å². The molecule has 0 radical (unpaired) electrons. The molecule has 0 unspecified atom stereocenters. The highest BCUT2D eigenvalue weighted by Gasteiger charge is 1.95. The number of carbonyl (C=O) groups excluding carboxylic acids is 1. The van der Waals surface area contributed by atoms with Crippen molar-refractivity contribution < 1.29 is 4.79 Å². The van der Waals surface area contributed by atoms with Gasteiger partial charge in [0.15, 0.2) is 0 Å². The van der Waals surface area contributed by atoms with Crippen LogP contribution in [0.2, 0.25) is 0 Å². The smallest absolute Gasteiger partial charge is 0.150 e. The molecule has 0 aromatic heterocycles. The Morgan fingerprint density at radius 3 is 2.73 bits per heavy atom. The third-order valence-corrected chi connectivity index (χ3v) is 2.36. The number of halogens is 1. The molecule has 11 heavy (non-hydrogen) atoms. The Bertz CT molecular complexity index is 292. The van der Waals surface area contributed by atoms with Crippen molar-refractivity contribution in [1.29, 1.82) is 0 Å². The Kier molecular flexibility index (Phi) is 2.82. The number of carbonyl (C=O) groups is 1. The second-order valence-corrected chi connectivity index (χ2v) is 3.27. The molecule has 0 bridgehead atoms. The predicted octanol–water partition coefficient (Wildman–Crippen LogP) is 2.75. The van der Waals surface area contributed by atoms with Crippen LogP contribution in [0, 0.1) is 3.57 Å². The van der Waals surface area contributed by atoms with Crippen molar-refractivity contribution in [2.24, 2.45) is 0 Å². The molecule has 0 heterocycles. The van der Waals surface area contributed by atoms with Crippen molar-refractivity contribution >= 4 is 35.0 Å². The van der Waals surface area contributed by atoms with Gasteiger partial charge in [-0.1, -0.05) is 18.7 Å². The van der Waals surface area contributed by atoms with E-state index in [1.807, 2.05) is 12.1 Å². The van der Waals surface area contributed by atoms with Crippen molar-refractivity contribution in [2.45, 2.75) is 0 Å². The first-order valence-corrected chi connectivity index (χ1v) is 4.23. The highest BCUT2D eigenvalue weighted by molar-refractivity contribution is 14.1. The summed E-state index contributed by atoms with van der Waals surface area (Å²) in [6.07, 6.45) is 2.58. The van der Waals surface area contributed by atoms with Crippen molar-refractivity contribution in [3.05, 3.63) is 39.5 Å². The lowest BCUT2D eigenvalue weighted by Gasteiger charge is -1.97. The highest BCUT2D eigenvalue weighted by Crippen LogP contribution is 2.14. The molecule has 0 saturated heterocycles. The van der Waals surface area contributed by atoms with Crippen LogP contribution in [0.5, 0.6) is 0 Å². The van der Waals surface area contributed by atoms with E-state index in [1.165, 1.54) is 0 Å². The number of aldehydes is 1. The summed E-state index contributed by atoms with van der Waals surface area (Å²) >= 11 is 2.21. The standard InChI is InChI=1S/C9H7IO/c1-2-8-5-7(6-11)3-4-9(8)10/h2-6H,1H2. The van der Waals surface area contributed by atoms with Crippen molar-refractivity contribution in [1.82, 2.24) is 0 Å². The van der Waals surface area contributed by atoms with Gasteiger partial charge in [-0.3, -0.25) is 4.79 Å². The summed E-state index contributed by atoms with van der Waals surface area (Å²) < 4.78 is 1.11. The van der Waals surface area contributed by atoms with Crippen LogP contribution in [0.1, 0.15) is 15.9 Å². The lowest BCUT2D eigenvalue weighted by Crippen LogP contribution is -1.84. The lowest BCUT2D eigenvalue weighted by molar-refractivity contribution is 0.112. The molecule has 1 aromatic carbocycles. The summed E-state index contributed by atoms with van der Waals surface area (Å²) in [6.45, 7) is 3.65. The Labute approximate surface area is 79.3 Å². The molecule has 0 aliphatic rings. The molecular weight excluding hydrogens is 251 g/mol. The zero-order valence-electron chi connectivity index (χ0n) is 5.88. The van der Waals surface area contributed by atoms with Crippen LogP contribution < -0.4 is 0 Å². The Morgan fingerprint density at radius 1 is 1.45 bits per heavy atom. The molecule has 56 valence electrons. The minimum absolute atomic E-state index is 0.695. The molecule has 0 fully saturated rings. The van der Waals surface area contributed by atoms with Gasteiger partial charge >= 0.3 is 0 Å². The summed E-state index contributed by atoms with van der Waals surface area (Å²) in [4.78, 5) is 10.3. The van der Waals surface area contributed by atoms with Gasteiger partial charge in [0.25, 0.3) is 0 Å². The maximum absolute atomic E-state index is 10.3. The van der Waals surface area contributed by atoms with Gasteiger partial charge < -0.3 is 0 Å². The maximum Gasteiger partial charge on any atom is 0.150 e. The quantitative estimate of drug-likeness (QED) is 0.588. The molecule has 0 spiro atoms. The molecule has 0 amide bonds. The van der Waals surface area contributed by atoms with Gasteiger partial charge in [-0.05, 0) is 40.3 Å². The van der Waals surface area contributed by atoms with Gasteiger partial charge in [-0.15, -0.1) is 0 Å². The first-order chi connectivity index (χ1) is 5.27. The van der Waals surface area contributed by atoms with E-state index in [0.717, 1.165) is 15.4 Å². The van der Waals surface area contributed by atoms with Gasteiger partial charge in [-0.25, -0.2) is 0 Å². The molecular formula is C9H7IO. The monoisotopic (exact) mass is 258 g/mol. The van der Waals surface area contributed by atoms with Crippen molar-refractivity contribution in [3.63, 3.8) is 0 Å². The van der Waals surface area contributed by atoms with Crippen LogP contribution >= 0.6 is 22.6 Å². The zero-order chi connectivity index (χ0) is 8.27. The van der Waals surface area contributed by atoms with E-state index < -0.39 is 0 Å². The fourth-order valence-electron chi connectivity index (χ4n) is 0.792. The van der Waals surface area contributed by atoms with Crippen LogP contribution in [-0.2, 0) is 0 Å². The molecule has 1 aromatic rings. The normalized spacial score (nSPS) is 9.18. The zero-order valence-corrected chi connectivity index (χ0v) is 8.04. The second-order valence-electron chi connectivity index (χ2n) is 2.10. The third kappa shape index (κ3) is 1.89. The van der Waals surface area contributed by atoms with Crippen LogP contribution in [0.15, 0.2) is 24.8 Å². The molecule has 0 aliphatic heterocycles. The molecule has 0 atom stereocenters. The van der Waals surface area contributed by atoms with Gasteiger partial charge in [0, 0.05) is 9.13 Å². The SMILES string of the molecule is C=Cc1cc(C=O)ccc1I. The highest BCUT2D eigenvalue weighted by atomic mass is 127. The third-order valence-electron chi connectivity index (χ3n) is 1.38. The summed E-state index contributed by atoms with van der Waals surface area (Å²) in [5, 5.41) is 0. The molecule has 0 aliphatic carbocycles. The maximum atomic E-state index is 10.3. The van der Waals surface area contributed by atoms with Gasteiger partial charge in [0.2, 0.25) is 0 Å². The van der Waals surface area contributed by atoms with Gasteiger partial charge in [0.05, 0.1) is 0 Å². The largest absolute Gasteiger partial charge is 0.298 e. The van der Waals surface area contributed by atoms with E-state index in [-0.39, 0.29) is 0 Å². The summed E-state index contributed by atoms with van der Waals surface area (Å²) in [7, 11) is 0. The number of hydrogen-bond acceptors (Lipinski definition) is 1. The molecule has 1 rings (SSSR count). The predicted molar refractivity (Wildman–Crippen MR) is 54.6 cm³/mol. The molecule has 0 N–H and O–H groups in total.